The van der Waals surface area contributed by atoms with Gasteiger partial charge < -0.3 is 10.5 Å². The van der Waals surface area contributed by atoms with Gasteiger partial charge in [-0.3, -0.25) is 0 Å². The van der Waals surface area contributed by atoms with Gasteiger partial charge in [-0.1, -0.05) is 6.92 Å². The van der Waals surface area contributed by atoms with Crippen LogP contribution in [-0.2, 0) is 11.3 Å². The van der Waals surface area contributed by atoms with E-state index in [-0.39, 0.29) is 12.5 Å². The number of ether oxygens (including phenoxy) is 1. The summed E-state index contributed by atoms with van der Waals surface area (Å²) in [6, 6.07) is 0. The Hall–Kier alpha value is -0.730. The van der Waals surface area contributed by atoms with E-state index in [4.69, 9.17) is 5.73 Å². The molecule has 1 heterocycles. The molecule has 1 aromatic heterocycles. The minimum Gasteiger partial charge on any atom is -0.368 e. The minimum atomic E-state index is -4.12. The molecule has 0 saturated heterocycles. The quantitative estimate of drug-likeness (QED) is 0.784. The monoisotopic (exact) mass is 286 g/mol. The van der Waals surface area contributed by atoms with E-state index in [1.807, 2.05) is 6.92 Å². The molecular formula is C10H14F4N2OS. The second kappa shape index (κ2) is 6.44. The van der Waals surface area contributed by atoms with Gasteiger partial charge in [0.2, 0.25) is 0 Å². The molecule has 3 nitrogen and oxygen atoms in total. The molecule has 0 aliphatic heterocycles. The number of thiazole rings is 1. The van der Waals surface area contributed by atoms with E-state index in [1.54, 1.807) is 5.38 Å². The average molecular weight is 286 g/mol. The molecule has 1 unspecified atom stereocenters. The summed E-state index contributed by atoms with van der Waals surface area (Å²) >= 11 is 1.23. The third kappa shape index (κ3) is 4.18. The Morgan fingerprint density at radius 1 is 1.50 bits per heavy atom. The first-order chi connectivity index (χ1) is 8.36. The predicted molar refractivity (Wildman–Crippen MR) is 60.2 cm³/mol. The maximum absolute atomic E-state index is 12.5. The van der Waals surface area contributed by atoms with Gasteiger partial charge >= 0.3 is 12.3 Å². The highest BCUT2D eigenvalue weighted by atomic mass is 32.1. The summed E-state index contributed by atoms with van der Waals surface area (Å²) in [4.78, 5) is 4.13. The number of nitrogens with zero attached hydrogens (tertiary/aromatic N) is 1. The first kappa shape index (κ1) is 15.3. The highest BCUT2D eigenvalue weighted by Crippen LogP contribution is 2.24. The number of rotatable bonds is 7. The lowest BCUT2D eigenvalue weighted by Gasteiger charge is -2.14. The molecule has 0 radical (unpaired) electrons. The molecule has 1 rings (SSSR count). The predicted octanol–water partition coefficient (Wildman–Crippen LogP) is 2.62. The van der Waals surface area contributed by atoms with E-state index in [0.717, 1.165) is 5.69 Å². The number of alkyl halides is 4. The first-order valence-electron chi connectivity index (χ1n) is 5.25. The van der Waals surface area contributed by atoms with E-state index in [2.05, 4.69) is 9.72 Å². The maximum Gasteiger partial charge on any atom is 0.330 e. The molecule has 1 atom stereocenters. The van der Waals surface area contributed by atoms with Crippen LogP contribution in [0.3, 0.4) is 0 Å². The third-order valence-corrected chi connectivity index (χ3v) is 3.11. The van der Waals surface area contributed by atoms with E-state index in [0.29, 0.717) is 11.6 Å². The van der Waals surface area contributed by atoms with Crippen molar-refractivity contribution >= 4 is 11.3 Å². The number of nitrogens with two attached hydrogens (primary N) is 1. The van der Waals surface area contributed by atoms with Crippen molar-refractivity contribution in [1.82, 2.24) is 4.98 Å². The Morgan fingerprint density at radius 3 is 2.72 bits per heavy atom. The fourth-order valence-corrected chi connectivity index (χ4v) is 1.93. The molecule has 0 bridgehead atoms. The Labute approximate surface area is 106 Å². The fourth-order valence-electron chi connectivity index (χ4n) is 1.08. The first-order valence-corrected chi connectivity index (χ1v) is 6.13. The Bertz CT molecular complexity index is 373. The van der Waals surface area contributed by atoms with E-state index in [9.17, 15) is 17.6 Å². The van der Waals surface area contributed by atoms with Crippen LogP contribution < -0.4 is 5.73 Å². The van der Waals surface area contributed by atoms with Crippen molar-refractivity contribution in [3.8, 4) is 0 Å². The van der Waals surface area contributed by atoms with Crippen LogP contribution in [0.25, 0.3) is 0 Å². The zero-order valence-corrected chi connectivity index (χ0v) is 10.5. The zero-order valence-electron chi connectivity index (χ0n) is 9.71. The van der Waals surface area contributed by atoms with Crippen LogP contribution in [0.5, 0.6) is 0 Å². The van der Waals surface area contributed by atoms with Gasteiger partial charge in [-0.25, -0.2) is 13.8 Å². The minimum absolute atomic E-state index is 0.0671. The summed E-state index contributed by atoms with van der Waals surface area (Å²) in [6.07, 6.45) is -3.72. The third-order valence-electron chi connectivity index (χ3n) is 2.27. The SMILES string of the molecule is CC(CN)c1csc(COCC(F)(F)C(F)F)n1. The van der Waals surface area contributed by atoms with Gasteiger partial charge in [0.15, 0.2) is 0 Å². The Balaban J connectivity index is 2.43. The van der Waals surface area contributed by atoms with Crippen LogP contribution in [-0.4, -0.2) is 30.5 Å². The van der Waals surface area contributed by atoms with Gasteiger partial charge in [0.25, 0.3) is 0 Å². The van der Waals surface area contributed by atoms with Gasteiger partial charge in [-0.15, -0.1) is 11.3 Å². The Morgan fingerprint density at radius 2 is 2.17 bits per heavy atom. The molecule has 0 fully saturated rings. The van der Waals surface area contributed by atoms with Crippen LogP contribution in [0, 0.1) is 0 Å². The van der Waals surface area contributed by atoms with Crippen LogP contribution in [0.4, 0.5) is 17.6 Å². The van der Waals surface area contributed by atoms with Crippen molar-refractivity contribution in [2.75, 3.05) is 13.2 Å². The largest absolute Gasteiger partial charge is 0.368 e. The molecule has 18 heavy (non-hydrogen) atoms. The Kier molecular flexibility index (Phi) is 5.48. The maximum atomic E-state index is 12.5. The summed E-state index contributed by atoms with van der Waals surface area (Å²) in [5.41, 5.74) is 6.21. The van der Waals surface area contributed by atoms with Crippen molar-refractivity contribution < 1.29 is 22.3 Å². The van der Waals surface area contributed by atoms with Crippen LogP contribution >= 0.6 is 11.3 Å². The molecule has 0 aromatic carbocycles. The summed E-state index contributed by atoms with van der Waals surface area (Å²) in [5.74, 6) is -4.05. The van der Waals surface area contributed by atoms with E-state index in [1.165, 1.54) is 11.3 Å². The standard InChI is InChI=1S/C10H14F4N2OS/c1-6(2-15)7-4-18-8(16-7)3-17-5-10(13,14)9(11)12/h4,6,9H,2-3,5,15H2,1H3. The molecule has 0 saturated carbocycles. The van der Waals surface area contributed by atoms with Gasteiger partial charge in [0.05, 0.1) is 12.3 Å². The zero-order chi connectivity index (χ0) is 13.8. The number of aromatic nitrogens is 1. The lowest BCUT2D eigenvalue weighted by Crippen LogP contribution is -2.32. The number of hydrogen-bond donors (Lipinski definition) is 1. The average Bonchev–Trinajstić information content (AvgIpc) is 2.76. The molecule has 0 aliphatic carbocycles. The lowest BCUT2D eigenvalue weighted by atomic mass is 10.1. The summed E-state index contributed by atoms with van der Waals surface area (Å²) in [6.45, 7) is 0.786. The smallest absolute Gasteiger partial charge is 0.330 e. The van der Waals surface area contributed by atoms with Gasteiger partial charge in [-0.2, -0.15) is 8.78 Å². The van der Waals surface area contributed by atoms with Crippen molar-refractivity contribution in [3.05, 3.63) is 16.1 Å². The molecule has 2 N–H and O–H groups in total. The van der Waals surface area contributed by atoms with Crippen molar-refractivity contribution in [2.45, 2.75) is 31.8 Å². The van der Waals surface area contributed by atoms with E-state index < -0.39 is 19.0 Å². The summed E-state index contributed by atoms with van der Waals surface area (Å²) in [7, 11) is 0. The van der Waals surface area contributed by atoms with Crippen molar-refractivity contribution in [1.29, 1.82) is 0 Å². The number of hydrogen-bond acceptors (Lipinski definition) is 4. The molecule has 1 aromatic rings. The van der Waals surface area contributed by atoms with Gasteiger partial charge in [-0.05, 0) is 0 Å². The van der Waals surface area contributed by atoms with Crippen molar-refractivity contribution in [3.63, 3.8) is 0 Å². The molecule has 0 spiro atoms. The second-order valence-electron chi connectivity index (χ2n) is 3.86. The normalized spacial score (nSPS) is 14.2. The van der Waals surface area contributed by atoms with Crippen LogP contribution in [0.1, 0.15) is 23.5 Å². The summed E-state index contributed by atoms with van der Waals surface area (Å²) in [5, 5.41) is 2.22. The molecule has 0 amide bonds. The highest BCUT2D eigenvalue weighted by molar-refractivity contribution is 7.09. The molecule has 104 valence electrons. The molecule has 8 heteroatoms. The molecular weight excluding hydrogens is 272 g/mol. The van der Waals surface area contributed by atoms with E-state index >= 15 is 0 Å². The van der Waals surface area contributed by atoms with Crippen LogP contribution in [0.15, 0.2) is 5.38 Å². The fraction of sp³-hybridized carbons (Fsp3) is 0.700. The van der Waals surface area contributed by atoms with Crippen molar-refractivity contribution in [2.24, 2.45) is 5.73 Å². The highest BCUT2D eigenvalue weighted by Gasteiger charge is 2.40. The van der Waals surface area contributed by atoms with Gasteiger partial charge in [0.1, 0.15) is 11.6 Å². The summed E-state index contributed by atoms with van der Waals surface area (Å²) < 4.78 is 53.3. The van der Waals surface area contributed by atoms with Gasteiger partial charge in [0, 0.05) is 17.8 Å². The number of halogens is 4. The van der Waals surface area contributed by atoms with Crippen LogP contribution in [0.2, 0.25) is 0 Å². The second-order valence-corrected chi connectivity index (χ2v) is 4.80. The lowest BCUT2D eigenvalue weighted by molar-refractivity contribution is -0.168. The topological polar surface area (TPSA) is 48.1 Å². The molecule has 0 aliphatic rings.